The van der Waals surface area contributed by atoms with Gasteiger partial charge >= 0.3 is 53.4 Å². The summed E-state index contributed by atoms with van der Waals surface area (Å²) in [5.74, 6) is -6.01. The summed E-state index contributed by atoms with van der Waals surface area (Å²) in [5.41, 5.74) is 12.6. The Labute approximate surface area is 171 Å². The van der Waals surface area contributed by atoms with Crippen molar-refractivity contribution < 1.29 is 75.7 Å². The van der Waals surface area contributed by atoms with E-state index in [1.807, 2.05) is 0 Å². The summed E-state index contributed by atoms with van der Waals surface area (Å²) in [6.07, 6.45) is -1.33. The van der Waals surface area contributed by atoms with Gasteiger partial charge in [-0.3, -0.25) is 19.4 Å². The Hall–Kier alpha value is -1.93. The molecule has 0 fully saturated rings. The molecule has 0 saturated carbocycles. The molecular formula is C12H23N4NaO9. The Morgan fingerprint density at radius 2 is 1.42 bits per heavy atom. The molecule has 0 bridgehead atoms. The Kier molecular flexibility index (Phi) is 15.8. The molecule has 0 aromatic carbocycles. The van der Waals surface area contributed by atoms with Crippen molar-refractivity contribution in [2.75, 3.05) is 6.54 Å². The van der Waals surface area contributed by atoms with E-state index in [9.17, 15) is 19.2 Å². The van der Waals surface area contributed by atoms with Gasteiger partial charge in [-0.1, -0.05) is 0 Å². The number of aliphatic carboxylic acids is 4. The monoisotopic (exact) mass is 390 g/mol. The second-order valence-corrected chi connectivity index (χ2v) is 4.87. The van der Waals surface area contributed by atoms with E-state index in [2.05, 4.69) is 4.99 Å². The first-order valence-electron chi connectivity index (χ1n) is 6.75. The fraction of sp³-hybridized carbons (Fsp3) is 0.583. The van der Waals surface area contributed by atoms with Gasteiger partial charge in [-0.25, -0.2) is 4.79 Å². The number of hydrogen-bond donors (Lipinski definition) is 8. The van der Waals surface area contributed by atoms with E-state index in [-0.39, 0.29) is 36.9 Å². The van der Waals surface area contributed by atoms with Crippen LogP contribution in [0, 0.1) is 0 Å². The zero-order chi connectivity index (χ0) is 20.2. The number of rotatable bonds is 10. The van der Waals surface area contributed by atoms with Gasteiger partial charge < -0.3 is 44.2 Å². The molecule has 0 aliphatic carbocycles. The predicted octanol–water partition coefficient (Wildman–Crippen LogP) is -5.68. The molecule has 11 N–H and O–H groups in total. The number of aliphatic imine (C=N–C) groups is 1. The average molecular weight is 390 g/mol. The molecule has 0 aliphatic rings. The standard InChI is InChI=1S/C6H14N4O2.C6H8O7.Na.H/c7-4(5(11)12)2-1-3-10-6(8)9;7-3(8)1-6(13,5(11)12)2-4(9)10;;/h4H,1-3,7H2,(H,11,12)(H4,8,9,10);13H,1-2H2,(H,7,8)(H,9,10)(H,11,12);;/q;;+1;-1/t4-;;;/m0.../s1. The first-order chi connectivity index (χ1) is 11.3. The Morgan fingerprint density at radius 1 is 1.00 bits per heavy atom. The summed E-state index contributed by atoms with van der Waals surface area (Å²) >= 11 is 0. The van der Waals surface area contributed by atoms with Crippen molar-refractivity contribution in [2.45, 2.75) is 37.3 Å². The van der Waals surface area contributed by atoms with E-state index in [0.29, 0.717) is 19.4 Å². The summed E-state index contributed by atoms with van der Waals surface area (Å²) in [7, 11) is 0. The van der Waals surface area contributed by atoms with Gasteiger partial charge in [0.1, 0.15) is 6.04 Å². The minimum absolute atomic E-state index is 0. The van der Waals surface area contributed by atoms with Crippen LogP contribution >= 0.6 is 0 Å². The van der Waals surface area contributed by atoms with Crippen LogP contribution in [-0.4, -0.2) is 73.6 Å². The molecule has 0 aromatic rings. The minimum atomic E-state index is -2.74. The molecule has 0 spiro atoms. The van der Waals surface area contributed by atoms with Crippen LogP contribution < -0.4 is 46.8 Å². The van der Waals surface area contributed by atoms with Crippen LogP contribution in [0.15, 0.2) is 4.99 Å². The van der Waals surface area contributed by atoms with Gasteiger partial charge in [-0.2, -0.15) is 0 Å². The summed E-state index contributed by atoms with van der Waals surface area (Å²) in [5, 5.41) is 42.2. The third kappa shape index (κ3) is 15.6. The number of hydrogen-bond acceptors (Lipinski definition) is 7. The second kappa shape index (κ2) is 14.3. The van der Waals surface area contributed by atoms with Crippen LogP contribution in [0.5, 0.6) is 0 Å². The number of nitrogens with two attached hydrogens (primary N) is 3. The number of aliphatic hydroxyl groups is 1. The van der Waals surface area contributed by atoms with Crippen molar-refractivity contribution in [2.24, 2.45) is 22.2 Å². The molecule has 0 amide bonds. The van der Waals surface area contributed by atoms with Crippen molar-refractivity contribution in [1.29, 1.82) is 0 Å². The quantitative estimate of drug-likeness (QED) is 0.0751. The molecule has 1 atom stereocenters. The first kappa shape index (κ1) is 28.9. The maximum absolute atomic E-state index is 10.3. The van der Waals surface area contributed by atoms with Crippen LogP contribution in [0.4, 0.5) is 0 Å². The zero-order valence-electron chi connectivity index (χ0n) is 15.2. The SMILES string of the molecule is NC(N)=NCCC[C@H](N)C(=O)O.O=C(O)CC(O)(CC(=O)O)C(=O)O.[H-].[Na+]. The molecule has 0 unspecified atom stereocenters. The Bertz CT molecular complexity index is 513. The topological polar surface area (TPSA) is 260 Å². The summed E-state index contributed by atoms with van der Waals surface area (Å²) in [4.78, 5) is 44.4. The van der Waals surface area contributed by atoms with Crippen LogP contribution in [-0.2, 0) is 19.2 Å². The van der Waals surface area contributed by atoms with Gasteiger partial charge in [0.2, 0.25) is 0 Å². The first-order valence-corrected chi connectivity index (χ1v) is 6.75. The molecule has 26 heavy (non-hydrogen) atoms. The fourth-order valence-corrected chi connectivity index (χ4v) is 1.36. The van der Waals surface area contributed by atoms with Crippen LogP contribution in [0.2, 0.25) is 0 Å². The summed E-state index contributed by atoms with van der Waals surface area (Å²) in [6, 6.07) is -0.820. The van der Waals surface area contributed by atoms with Crippen molar-refractivity contribution >= 4 is 29.8 Å². The summed E-state index contributed by atoms with van der Waals surface area (Å²) in [6.45, 7) is 0.420. The number of guanidine groups is 1. The molecule has 146 valence electrons. The number of carboxylic acids is 4. The van der Waals surface area contributed by atoms with Gasteiger partial charge in [-0.05, 0) is 12.8 Å². The van der Waals surface area contributed by atoms with Crippen LogP contribution in [0.3, 0.4) is 0 Å². The number of carboxylic acid groups (broad SMARTS) is 4. The van der Waals surface area contributed by atoms with E-state index < -0.39 is 48.4 Å². The molecule has 0 aromatic heterocycles. The average Bonchev–Trinajstić information content (AvgIpc) is 2.41. The molecule has 0 aliphatic heterocycles. The maximum atomic E-state index is 10.3. The molecule has 13 nitrogen and oxygen atoms in total. The van der Waals surface area contributed by atoms with Gasteiger partial charge in [0.25, 0.3) is 0 Å². The van der Waals surface area contributed by atoms with Crippen molar-refractivity contribution in [3.05, 3.63) is 0 Å². The maximum Gasteiger partial charge on any atom is 1.00 e. The Morgan fingerprint density at radius 3 is 1.69 bits per heavy atom. The second-order valence-electron chi connectivity index (χ2n) is 4.87. The van der Waals surface area contributed by atoms with Crippen molar-refractivity contribution in [3.63, 3.8) is 0 Å². The van der Waals surface area contributed by atoms with E-state index in [0.717, 1.165) is 0 Å². The van der Waals surface area contributed by atoms with Gasteiger partial charge in [-0.15, -0.1) is 0 Å². The molecule has 0 rings (SSSR count). The molecule has 0 heterocycles. The predicted molar refractivity (Wildman–Crippen MR) is 83.7 cm³/mol. The third-order valence-electron chi connectivity index (χ3n) is 2.57. The Balaban J connectivity index is -0.000000183. The van der Waals surface area contributed by atoms with E-state index in [4.69, 9.17) is 42.7 Å². The largest absolute Gasteiger partial charge is 1.00 e. The molecule has 0 radical (unpaired) electrons. The number of carbonyl (C=O) groups is 4. The van der Waals surface area contributed by atoms with Gasteiger partial charge in [0.15, 0.2) is 11.6 Å². The van der Waals surface area contributed by atoms with Crippen LogP contribution in [0.1, 0.15) is 27.1 Å². The van der Waals surface area contributed by atoms with E-state index in [1.54, 1.807) is 0 Å². The van der Waals surface area contributed by atoms with Gasteiger partial charge in [0, 0.05) is 6.54 Å². The minimum Gasteiger partial charge on any atom is -1.00 e. The number of nitrogens with zero attached hydrogens (tertiary/aromatic N) is 1. The molecule has 0 saturated heterocycles. The molecule has 14 heteroatoms. The van der Waals surface area contributed by atoms with E-state index >= 15 is 0 Å². The normalized spacial score (nSPS) is 11.0. The fourth-order valence-electron chi connectivity index (χ4n) is 1.36. The van der Waals surface area contributed by atoms with Gasteiger partial charge in [0.05, 0.1) is 12.8 Å². The van der Waals surface area contributed by atoms with Crippen molar-refractivity contribution in [1.82, 2.24) is 0 Å². The van der Waals surface area contributed by atoms with Crippen LogP contribution in [0.25, 0.3) is 0 Å². The third-order valence-corrected chi connectivity index (χ3v) is 2.57. The summed E-state index contributed by atoms with van der Waals surface area (Å²) < 4.78 is 0. The zero-order valence-corrected chi connectivity index (χ0v) is 16.2. The van der Waals surface area contributed by atoms with Crippen molar-refractivity contribution in [3.8, 4) is 0 Å². The molecular weight excluding hydrogens is 367 g/mol. The smallest absolute Gasteiger partial charge is 1.00 e. The van der Waals surface area contributed by atoms with E-state index in [1.165, 1.54) is 0 Å².